The molecule has 0 aromatic heterocycles. The van der Waals surface area contributed by atoms with Gasteiger partial charge in [0.1, 0.15) is 0 Å². The van der Waals surface area contributed by atoms with Gasteiger partial charge in [0.05, 0.1) is 5.92 Å². The maximum absolute atomic E-state index is 11.8. The fourth-order valence-electron chi connectivity index (χ4n) is 1.97. The molecule has 2 heterocycles. The van der Waals surface area contributed by atoms with Gasteiger partial charge in [-0.25, -0.2) is 0 Å². The molecule has 0 bridgehead atoms. The van der Waals surface area contributed by atoms with Crippen LogP contribution >= 0.6 is 0 Å². The number of carbonyl (C=O) groups is 1. The highest BCUT2D eigenvalue weighted by atomic mass is 16.2. The number of carbonyl (C=O) groups excluding carboxylic acids is 1. The van der Waals surface area contributed by atoms with E-state index >= 15 is 0 Å². The molecule has 2 aliphatic rings. The number of rotatable bonds is 1. The average molecular weight is 180 g/mol. The van der Waals surface area contributed by atoms with Crippen LogP contribution in [0, 0.1) is 5.92 Å². The normalized spacial score (nSPS) is 27.4. The topological polar surface area (TPSA) is 32.3 Å². The molecule has 72 valence electrons. The van der Waals surface area contributed by atoms with Crippen LogP contribution in [0.15, 0.2) is 12.3 Å². The average Bonchev–Trinajstić information content (AvgIpc) is 2.71. The monoisotopic (exact) mass is 180 g/mol. The molecule has 1 saturated heterocycles. The molecule has 0 spiro atoms. The Labute approximate surface area is 78.8 Å². The summed E-state index contributed by atoms with van der Waals surface area (Å²) in [4.78, 5) is 13.8. The lowest BCUT2D eigenvalue weighted by Crippen LogP contribution is -2.40. The van der Waals surface area contributed by atoms with Crippen molar-refractivity contribution in [3.8, 4) is 0 Å². The smallest absolute Gasteiger partial charge is 0.231 e. The van der Waals surface area contributed by atoms with E-state index in [1.165, 1.54) is 19.3 Å². The summed E-state index contributed by atoms with van der Waals surface area (Å²) in [7, 11) is 0. The van der Waals surface area contributed by atoms with Gasteiger partial charge in [-0.2, -0.15) is 0 Å². The Morgan fingerprint density at radius 1 is 1.31 bits per heavy atom. The van der Waals surface area contributed by atoms with Crippen molar-refractivity contribution >= 4 is 5.91 Å². The lowest BCUT2D eigenvalue weighted by Gasteiger charge is -2.28. The lowest BCUT2D eigenvalue weighted by molar-refractivity contribution is -0.134. The second kappa shape index (κ2) is 3.81. The number of hydrogen-bond donors (Lipinski definition) is 1. The minimum atomic E-state index is 0.0955. The highest BCUT2D eigenvalue weighted by molar-refractivity contribution is 5.81. The number of nitrogens with one attached hydrogen (secondary N) is 1. The van der Waals surface area contributed by atoms with Crippen LogP contribution in [-0.2, 0) is 4.79 Å². The van der Waals surface area contributed by atoms with Crippen LogP contribution < -0.4 is 5.32 Å². The fraction of sp³-hybridized carbons (Fsp3) is 0.700. The van der Waals surface area contributed by atoms with Gasteiger partial charge in [0.2, 0.25) is 5.91 Å². The first kappa shape index (κ1) is 8.60. The van der Waals surface area contributed by atoms with E-state index in [4.69, 9.17) is 0 Å². The molecule has 2 rings (SSSR count). The van der Waals surface area contributed by atoms with E-state index in [0.717, 1.165) is 19.6 Å². The molecule has 2 aliphatic heterocycles. The van der Waals surface area contributed by atoms with E-state index in [9.17, 15) is 4.79 Å². The molecule has 0 aromatic carbocycles. The van der Waals surface area contributed by atoms with Gasteiger partial charge in [-0.15, -0.1) is 0 Å². The first-order valence-corrected chi connectivity index (χ1v) is 5.07. The second-order valence-electron chi connectivity index (χ2n) is 3.76. The van der Waals surface area contributed by atoms with Gasteiger partial charge >= 0.3 is 0 Å². The molecule has 1 atom stereocenters. The Hall–Kier alpha value is -0.990. The van der Waals surface area contributed by atoms with Gasteiger partial charge in [0.25, 0.3) is 0 Å². The predicted molar refractivity (Wildman–Crippen MR) is 51.1 cm³/mol. The van der Waals surface area contributed by atoms with Gasteiger partial charge < -0.3 is 10.2 Å². The van der Waals surface area contributed by atoms with Crippen molar-refractivity contribution in [1.29, 1.82) is 0 Å². The van der Waals surface area contributed by atoms with Crippen molar-refractivity contribution in [2.45, 2.75) is 19.3 Å². The zero-order valence-corrected chi connectivity index (χ0v) is 7.83. The molecular formula is C10H16N2O. The SMILES string of the molecule is O=C(C1C=CNC1)N1CCCCC1. The van der Waals surface area contributed by atoms with Crippen LogP contribution in [0.25, 0.3) is 0 Å². The highest BCUT2D eigenvalue weighted by Gasteiger charge is 2.24. The molecular weight excluding hydrogens is 164 g/mol. The molecule has 0 aromatic rings. The summed E-state index contributed by atoms with van der Waals surface area (Å²) >= 11 is 0. The zero-order valence-electron chi connectivity index (χ0n) is 7.83. The van der Waals surface area contributed by atoms with Crippen LogP contribution in [0.1, 0.15) is 19.3 Å². The Bertz CT molecular complexity index is 219. The summed E-state index contributed by atoms with van der Waals surface area (Å²) in [5.41, 5.74) is 0. The van der Waals surface area contributed by atoms with Crippen molar-refractivity contribution in [3.05, 3.63) is 12.3 Å². The van der Waals surface area contributed by atoms with E-state index in [2.05, 4.69) is 5.32 Å². The summed E-state index contributed by atoms with van der Waals surface area (Å²) in [6, 6.07) is 0. The molecule has 3 nitrogen and oxygen atoms in total. The fourth-order valence-corrected chi connectivity index (χ4v) is 1.97. The Balaban J connectivity index is 1.91. The van der Waals surface area contributed by atoms with E-state index in [1.807, 2.05) is 17.2 Å². The maximum Gasteiger partial charge on any atom is 0.231 e. The van der Waals surface area contributed by atoms with Gasteiger partial charge in [0.15, 0.2) is 0 Å². The van der Waals surface area contributed by atoms with Crippen molar-refractivity contribution in [3.63, 3.8) is 0 Å². The summed E-state index contributed by atoms with van der Waals surface area (Å²) in [6.45, 7) is 2.71. The standard InChI is InChI=1S/C10H16N2O/c13-10(9-4-5-11-8-9)12-6-2-1-3-7-12/h4-5,9,11H,1-3,6-8H2. The minimum Gasteiger partial charge on any atom is -0.390 e. The van der Waals surface area contributed by atoms with Crippen LogP contribution in [0.4, 0.5) is 0 Å². The van der Waals surface area contributed by atoms with Gasteiger partial charge in [-0.05, 0) is 25.5 Å². The van der Waals surface area contributed by atoms with Crippen molar-refractivity contribution in [2.75, 3.05) is 19.6 Å². The van der Waals surface area contributed by atoms with Crippen LogP contribution in [-0.4, -0.2) is 30.4 Å². The van der Waals surface area contributed by atoms with Crippen LogP contribution in [0.2, 0.25) is 0 Å². The number of hydrogen-bond acceptors (Lipinski definition) is 2. The Kier molecular flexibility index (Phi) is 2.52. The lowest BCUT2D eigenvalue weighted by atomic mass is 10.1. The van der Waals surface area contributed by atoms with E-state index < -0.39 is 0 Å². The Morgan fingerprint density at radius 2 is 2.08 bits per heavy atom. The van der Waals surface area contributed by atoms with Gasteiger partial charge in [-0.1, -0.05) is 6.08 Å². The van der Waals surface area contributed by atoms with Crippen LogP contribution in [0.3, 0.4) is 0 Å². The first-order valence-electron chi connectivity index (χ1n) is 5.07. The van der Waals surface area contributed by atoms with E-state index in [0.29, 0.717) is 5.91 Å². The quantitative estimate of drug-likeness (QED) is 0.645. The molecule has 1 fully saturated rings. The molecule has 3 heteroatoms. The largest absolute Gasteiger partial charge is 0.390 e. The number of amides is 1. The van der Waals surface area contributed by atoms with Crippen molar-refractivity contribution in [1.82, 2.24) is 10.2 Å². The van der Waals surface area contributed by atoms with Crippen molar-refractivity contribution in [2.24, 2.45) is 5.92 Å². The van der Waals surface area contributed by atoms with Gasteiger partial charge in [-0.3, -0.25) is 4.79 Å². The van der Waals surface area contributed by atoms with Crippen LogP contribution in [0.5, 0.6) is 0 Å². The Morgan fingerprint density at radius 3 is 2.69 bits per heavy atom. The highest BCUT2D eigenvalue weighted by Crippen LogP contribution is 2.14. The first-order chi connectivity index (χ1) is 6.38. The second-order valence-corrected chi connectivity index (χ2v) is 3.76. The third-order valence-electron chi connectivity index (χ3n) is 2.77. The van der Waals surface area contributed by atoms with E-state index in [1.54, 1.807) is 0 Å². The van der Waals surface area contributed by atoms with Crippen molar-refractivity contribution < 1.29 is 4.79 Å². The third-order valence-corrected chi connectivity index (χ3v) is 2.77. The molecule has 0 saturated carbocycles. The number of likely N-dealkylation sites (tertiary alicyclic amines) is 1. The minimum absolute atomic E-state index is 0.0955. The summed E-state index contributed by atoms with van der Waals surface area (Å²) in [6.07, 6.45) is 7.48. The molecule has 1 amide bonds. The molecule has 13 heavy (non-hydrogen) atoms. The molecule has 1 unspecified atom stereocenters. The molecule has 0 radical (unpaired) electrons. The zero-order chi connectivity index (χ0) is 9.10. The van der Waals surface area contributed by atoms with Gasteiger partial charge in [0, 0.05) is 19.6 Å². The number of piperidine rings is 1. The van der Waals surface area contributed by atoms with E-state index in [-0.39, 0.29) is 5.92 Å². The summed E-state index contributed by atoms with van der Waals surface area (Å²) < 4.78 is 0. The maximum atomic E-state index is 11.8. The molecule has 1 N–H and O–H groups in total. The predicted octanol–water partition coefficient (Wildman–Crippen LogP) is 0.732. The summed E-state index contributed by atoms with van der Waals surface area (Å²) in [5, 5.41) is 3.06. The number of nitrogens with zero attached hydrogens (tertiary/aromatic N) is 1. The molecule has 0 aliphatic carbocycles. The third kappa shape index (κ3) is 1.85. The summed E-state index contributed by atoms with van der Waals surface area (Å²) in [5.74, 6) is 0.402.